The molecule has 21 heavy (non-hydrogen) atoms. The first-order valence-electron chi connectivity index (χ1n) is 7.28. The van der Waals surface area contributed by atoms with E-state index in [1.165, 1.54) is 11.1 Å². The number of aryl methyl sites for hydroxylation is 2. The first kappa shape index (κ1) is 12.3. The van der Waals surface area contributed by atoms with E-state index in [-0.39, 0.29) is 0 Å². The van der Waals surface area contributed by atoms with Gasteiger partial charge in [0, 0.05) is 12.7 Å². The number of nitrogens with one attached hydrogen (secondary N) is 1. The number of para-hydroxylation sites is 2. The van der Waals surface area contributed by atoms with Gasteiger partial charge in [-0.1, -0.05) is 18.2 Å². The van der Waals surface area contributed by atoms with Gasteiger partial charge in [0.2, 0.25) is 5.95 Å². The monoisotopic (exact) mass is 278 g/mol. The Morgan fingerprint density at radius 3 is 2.95 bits per heavy atom. The quantitative estimate of drug-likeness (QED) is 0.707. The number of nitrogen functional groups attached to an aromatic ring is 1. The molecule has 1 heterocycles. The van der Waals surface area contributed by atoms with Gasteiger partial charge in [0.1, 0.15) is 0 Å². The Labute approximate surface area is 123 Å². The molecule has 0 saturated carbocycles. The SMILES string of the molecule is Cn1c(NC2CCc3cc(N)ccc32)nc2ccccc21. The van der Waals surface area contributed by atoms with E-state index in [0.29, 0.717) is 6.04 Å². The van der Waals surface area contributed by atoms with Gasteiger partial charge in [0.25, 0.3) is 0 Å². The fraction of sp³-hybridized carbons (Fsp3) is 0.235. The zero-order valence-electron chi connectivity index (χ0n) is 12.0. The number of benzene rings is 2. The Balaban J connectivity index is 1.69. The highest BCUT2D eigenvalue weighted by Gasteiger charge is 2.23. The van der Waals surface area contributed by atoms with Gasteiger partial charge in [-0.05, 0) is 48.2 Å². The summed E-state index contributed by atoms with van der Waals surface area (Å²) in [6.07, 6.45) is 2.16. The number of rotatable bonds is 2. The Morgan fingerprint density at radius 1 is 1.24 bits per heavy atom. The summed E-state index contributed by atoms with van der Waals surface area (Å²) in [7, 11) is 2.05. The molecular formula is C17H18N4. The lowest BCUT2D eigenvalue weighted by molar-refractivity contribution is 0.742. The fourth-order valence-corrected chi connectivity index (χ4v) is 3.22. The van der Waals surface area contributed by atoms with Crippen LogP contribution in [0.3, 0.4) is 0 Å². The maximum atomic E-state index is 5.87. The zero-order valence-corrected chi connectivity index (χ0v) is 12.0. The van der Waals surface area contributed by atoms with Gasteiger partial charge >= 0.3 is 0 Å². The average molecular weight is 278 g/mol. The van der Waals surface area contributed by atoms with Crippen LogP contribution in [0.15, 0.2) is 42.5 Å². The second-order valence-electron chi connectivity index (χ2n) is 5.68. The van der Waals surface area contributed by atoms with Crippen LogP contribution in [-0.2, 0) is 13.5 Å². The van der Waals surface area contributed by atoms with Gasteiger partial charge in [-0.15, -0.1) is 0 Å². The second-order valence-corrected chi connectivity index (χ2v) is 5.68. The van der Waals surface area contributed by atoms with Crippen molar-refractivity contribution >= 4 is 22.7 Å². The van der Waals surface area contributed by atoms with Crippen LogP contribution >= 0.6 is 0 Å². The molecule has 1 unspecified atom stereocenters. The van der Waals surface area contributed by atoms with E-state index in [2.05, 4.69) is 35.1 Å². The second kappa shape index (κ2) is 4.52. The number of anilines is 2. The van der Waals surface area contributed by atoms with E-state index in [1.54, 1.807) is 0 Å². The average Bonchev–Trinajstić information content (AvgIpc) is 3.02. The molecule has 3 N–H and O–H groups in total. The smallest absolute Gasteiger partial charge is 0.204 e. The normalized spacial score (nSPS) is 17.1. The molecule has 0 radical (unpaired) electrons. The summed E-state index contributed by atoms with van der Waals surface area (Å²) in [6, 6.07) is 14.7. The van der Waals surface area contributed by atoms with Crippen molar-refractivity contribution in [3.8, 4) is 0 Å². The van der Waals surface area contributed by atoms with Crippen LogP contribution in [0, 0.1) is 0 Å². The molecule has 2 aromatic carbocycles. The molecule has 1 aliphatic carbocycles. The van der Waals surface area contributed by atoms with Crippen molar-refractivity contribution in [2.24, 2.45) is 7.05 Å². The molecule has 0 aliphatic heterocycles. The Morgan fingerprint density at radius 2 is 2.10 bits per heavy atom. The minimum absolute atomic E-state index is 0.316. The largest absolute Gasteiger partial charge is 0.399 e. The van der Waals surface area contributed by atoms with Gasteiger partial charge in [-0.25, -0.2) is 4.98 Å². The molecular weight excluding hydrogens is 260 g/mol. The predicted octanol–water partition coefficient (Wildman–Crippen LogP) is 3.25. The summed E-state index contributed by atoms with van der Waals surface area (Å²) in [5.74, 6) is 0.922. The van der Waals surface area contributed by atoms with Crippen molar-refractivity contribution in [1.29, 1.82) is 0 Å². The number of nitrogens with two attached hydrogens (primary N) is 1. The van der Waals surface area contributed by atoms with E-state index in [4.69, 9.17) is 10.7 Å². The van der Waals surface area contributed by atoms with Crippen molar-refractivity contribution in [2.45, 2.75) is 18.9 Å². The Hall–Kier alpha value is -2.49. The van der Waals surface area contributed by atoms with Crippen molar-refractivity contribution in [3.63, 3.8) is 0 Å². The van der Waals surface area contributed by atoms with Crippen LogP contribution in [-0.4, -0.2) is 9.55 Å². The van der Waals surface area contributed by atoms with Crippen LogP contribution in [0.2, 0.25) is 0 Å². The predicted molar refractivity (Wildman–Crippen MR) is 86.3 cm³/mol. The molecule has 0 bridgehead atoms. The lowest BCUT2D eigenvalue weighted by Crippen LogP contribution is -2.11. The summed E-state index contributed by atoms with van der Waals surface area (Å²) in [5.41, 5.74) is 11.6. The van der Waals surface area contributed by atoms with Crippen molar-refractivity contribution < 1.29 is 0 Å². The van der Waals surface area contributed by atoms with Gasteiger partial charge in [-0.2, -0.15) is 0 Å². The third-order valence-electron chi connectivity index (χ3n) is 4.34. The Kier molecular flexibility index (Phi) is 2.64. The van der Waals surface area contributed by atoms with Crippen molar-refractivity contribution in [2.75, 3.05) is 11.1 Å². The number of hydrogen-bond donors (Lipinski definition) is 2. The standard InChI is InChI=1S/C17H18N4/c1-21-16-5-3-2-4-15(16)20-17(21)19-14-9-6-11-10-12(18)7-8-13(11)14/h2-5,7-8,10,14H,6,9,18H2,1H3,(H,19,20). The molecule has 0 spiro atoms. The maximum Gasteiger partial charge on any atom is 0.204 e. The van der Waals surface area contributed by atoms with Crippen molar-refractivity contribution in [1.82, 2.24) is 9.55 Å². The number of aromatic nitrogens is 2. The number of nitrogens with zero attached hydrogens (tertiary/aromatic N) is 2. The Bertz CT molecular complexity index is 819. The number of hydrogen-bond acceptors (Lipinski definition) is 3. The van der Waals surface area contributed by atoms with Gasteiger partial charge in [0.05, 0.1) is 17.1 Å². The summed E-state index contributed by atoms with van der Waals surface area (Å²) in [5, 5.41) is 3.59. The fourth-order valence-electron chi connectivity index (χ4n) is 3.22. The van der Waals surface area contributed by atoms with E-state index in [0.717, 1.165) is 35.5 Å². The van der Waals surface area contributed by atoms with Crippen LogP contribution in [0.4, 0.5) is 11.6 Å². The molecule has 0 fully saturated rings. The summed E-state index contributed by atoms with van der Waals surface area (Å²) < 4.78 is 2.12. The minimum atomic E-state index is 0.316. The van der Waals surface area contributed by atoms with E-state index >= 15 is 0 Å². The third-order valence-corrected chi connectivity index (χ3v) is 4.34. The molecule has 106 valence electrons. The number of fused-ring (bicyclic) bond motifs is 2. The van der Waals surface area contributed by atoms with Gasteiger partial charge in [0.15, 0.2) is 0 Å². The van der Waals surface area contributed by atoms with Gasteiger partial charge in [-0.3, -0.25) is 0 Å². The summed E-state index contributed by atoms with van der Waals surface area (Å²) >= 11 is 0. The lowest BCUT2D eigenvalue weighted by Gasteiger charge is -2.15. The molecule has 4 rings (SSSR count). The topological polar surface area (TPSA) is 55.9 Å². The lowest BCUT2D eigenvalue weighted by atomic mass is 10.1. The van der Waals surface area contributed by atoms with E-state index < -0.39 is 0 Å². The molecule has 0 saturated heterocycles. The maximum absolute atomic E-state index is 5.87. The molecule has 1 aromatic heterocycles. The molecule has 0 amide bonds. The molecule has 4 nitrogen and oxygen atoms in total. The van der Waals surface area contributed by atoms with E-state index in [9.17, 15) is 0 Å². The first-order chi connectivity index (χ1) is 10.2. The molecule has 4 heteroatoms. The van der Waals surface area contributed by atoms with Crippen molar-refractivity contribution in [3.05, 3.63) is 53.6 Å². The molecule has 3 aromatic rings. The van der Waals surface area contributed by atoms with Crippen LogP contribution in [0.1, 0.15) is 23.6 Å². The minimum Gasteiger partial charge on any atom is -0.399 e. The van der Waals surface area contributed by atoms with Crippen LogP contribution in [0.25, 0.3) is 11.0 Å². The highest BCUT2D eigenvalue weighted by Crippen LogP contribution is 2.35. The summed E-state index contributed by atoms with van der Waals surface area (Å²) in [6.45, 7) is 0. The first-order valence-corrected chi connectivity index (χ1v) is 7.28. The number of imidazole rings is 1. The summed E-state index contributed by atoms with van der Waals surface area (Å²) in [4.78, 5) is 4.69. The third kappa shape index (κ3) is 1.95. The van der Waals surface area contributed by atoms with Gasteiger partial charge < -0.3 is 15.6 Å². The molecule has 1 atom stereocenters. The molecule has 1 aliphatic rings. The highest BCUT2D eigenvalue weighted by atomic mass is 15.2. The zero-order chi connectivity index (χ0) is 14.4. The van der Waals surface area contributed by atoms with Crippen LogP contribution in [0.5, 0.6) is 0 Å². The van der Waals surface area contributed by atoms with Crippen LogP contribution < -0.4 is 11.1 Å². The van der Waals surface area contributed by atoms with E-state index in [1.807, 2.05) is 24.3 Å². The highest BCUT2D eigenvalue weighted by molar-refractivity contribution is 5.78.